The van der Waals surface area contributed by atoms with Crippen LogP contribution in [0.4, 0.5) is 0 Å². The van der Waals surface area contributed by atoms with E-state index in [1.807, 2.05) is 12.1 Å². The lowest BCUT2D eigenvalue weighted by atomic mass is 9.91. The molecule has 116 valence electrons. The quantitative estimate of drug-likeness (QED) is 0.661. The van der Waals surface area contributed by atoms with Crippen molar-refractivity contribution < 1.29 is 15.0 Å². The van der Waals surface area contributed by atoms with E-state index in [1.165, 1.54) is 6.08 Å². The second-order valence-corrected chi connectivity index (χ2v) is 5.45. The van der Waals surface area contributed by atoms with Crippen LogP contribution in [0.2, 0.25) is 0 Å². The first kappa shape index (κ1) is 17.3. The lowest BCUT2D eigenvalue weighted by Gasteiger charge is -2.15. The van der Waals surface area contributed by atoms with Gasteiger partial charge in [-0.25, -0.2) is 0 Å². The van der Waals surface area contributed by atoms with Crippen LogP contribution < -0.4 is 0 Å². The molecule has 0 saturated heterocycles. The predicted octanol–water partition coefficient (Wildman–Crippen LogP) is 4.43. The van der Waals surface area contributed by atoms with Crippen LogP contribution >= 0.6 is 0 Å². The van der Waals surface area contributed by atoms with Gasteiger partial charge in [0.15, 0.2) is 0 Å². The number of aryl methyl sites for hydroxylation is 2. The monoisotopic (exact) mass is 290 g/mol. The van der Waals surface area contributed by atoms with E-state index in [4.69, 9.17) is 0 Å². The molecule has 1 unspecified atom stereocenters. The van der Waals surface area contributed by atoms with Crippen LogP contribution in [0, 0.1) is 0 Å². The lowest BCUT2D eigenvalue weighted by molar-refractivity contribution is -0.137. The van der Waals surface area contributed by atoms with Crippen molar-refractivity contribution in [1.82, 2.24) is 0 Å². The van der Waals surface area contributed by atoms with Crippen LogP contribution in [0.3, 0.4) is 0 Å². The lowest BCUT2D eigenvalue weighted by Crippen LogP contribution is -2.10. The Bertz CT molecular complexity index is 462. The van der Waals surface area contributed by atoms with E-state index in [-0.39, 0.29) is 0 Å². The summed E-state index contributed by atoms with van der Waals surface area (Å²) in [7, 11) is 0. The third-order valence-corrected chi connectivity index (χ3v) is 3.75. The Hall–Kier alpha value is -1.77. The summed E-state index contributed by atoms with van der Waals surface area (Å²) in [6, 6.07) is 3.64. The highest BCUT2D eigenvalue weighted by Gasteiger charge is 2.19. The summed E-state index contributed by atoms with van der Waals surface area (Å²) >= 11 is 0. The third-order valence-electron chi connectivity index (χ3n) is 3.75. The molecule has 0 fully saturated rings. The molecule has 1 aromatic rings. The van der Waals surface area contributed by atoms with Crippen molar-refractivity contribution in [2.75, 3.05) is 0 Å². The number of carboxylic acid groups (broad SMARTS) is 1. The molecule has 0 aliphatic heterocycles. The summed E-state index contributed by atoms with van der Waals surface area (Å²) < 4.78 is 0. The number of unbranched alkanes of at least 4 members (excludes halogenated alkanes) is 2. The summed E-state index contributed by atoms with van der Waals surface area (Å²) in [4.78, 5) is 11.3. The number of phenols is 1. The number of benzene rings is 1. The molecule has 3 heteroatoms. The van der Waals surface area contributed by atoms with Gasteiger partial charge in [-0.05, 0) is 42.4 Å². The molecule has 0 radical (unpaired) electrons. The average Bonchev–Trinajstić information content (AvgIpc) is 2.46. The predicted molar refractivity (Wildman–Crippen MR) is 85.9 cm³/mol. The number of aromatic hydroxyl groups is 1. The van der Waals surface area contributed by atoms with Crippen LogP contribution in [0.15, 0.2) is 24.8 Å². The molecule has 1 aromatic carbocycles. The summed E-state index contributed by atoms with van der Waals surface area (Å²) in [5, 5.41) is 19.7. The van der Waals surface area contributed by atoms with Gasteiger partial charge in [0, 0.05) is 0 Å². The maximum Gasteiger partial charge on any atom is 0.314 e. The largest absolute Gasteiger partial charge is 0.507 e. The van der Waals surface area contributed by atoms with Crippen molar-refractivity contribution in [1.29, 1.82) is 0 Å². The van der Waals surface area contributed by atoms with Gasteiger partial charge in [-0.3, -0.25) is 4.79 Å². The molecule has 2 N–H and O–H groups in total. The topological polar surface area (TPSA) is 57.5 Å². The van der Waals surface area contributed by atoms with Crippen molar-refractivity contribution >= 4 is 5.97 Å². The van der Waals surface area contributed by atoms with Gasteiger partial charge in [0.1, 0.15) is 5.75 Å². The van der Waals surface area contributed by atoms with Crippen molar-refractivity contribution in [2.24, 2.45) is 0 Å². The van der Waals surface area contributed by atoms with Gasteiger partial charge >= 0.3 is 5.97 Å². The van der Waals surface area contributed by atoms with Crippen LogP contribution in [0.25, 0.3) is 0 Å². The Labute approximate surface area is 127 Å². The number of aliphatic carboxylic acids is 1. The second kappa shape index (κ2) is 8.50. The Balaban J connectivity index is 3.23. The fourth-order valence-electron chi connectivity index (χ4n) is 2.46. The average molecular weight is 290 g/mol. The first-order chi connectivity index (χ1) is 10.0. The standard InChI is InChI=1S/C18H26O3/c1-4-7-9-13-11-15(16(6-3)18(20)21)12-14(17(13)19)10-8-5-2/h6,11-12,16,19H,3-5,7-10H2,1-2H3,(H,20,21). The Morgan fingerprint density at radius 2 is 1.67 bits per heavy atom. The zero-order valence-electron chi connectivity index (χ0n) is 13.1. The molecule has 3 nitrogen and oxygen atoms in total. The van der Waals surface area contributed by atoms with Gasteiger partial charge in [-0.2, -0.15) is 0 Å². The molecular weight excluding hydrogens is 264 g/mol. The molecule has 0 bridgehead atoms. The zero-order valence-corrected chi connectivity index (χ0v) is 13.1. The minimum absolute atomic E-state index is 0.342. The molecule has 1 atom stereocenters. The van der Waals surface area contributed by atoms with E-state index in [0.29, 0.717) is 11.3 Å². The highest BCUT2D eigenvalue weighted by Crippen LogP contribution is 2.31. The van der Waals surface area contributed by atoms with Gasteiger partial charge in [0.2, 0.25) is 0 Å². The summed E-state index contributed by atoms with van der Waals surface area (Å²) in [5.74, 6) is -1.28. The molecule has 21 heavy (non-hydrogen) atoms. The number of hydrogen-bond acceptors (Lipinski definition) is 2. The van der Waals surface area contributed by atoms with Gasteiger partial charge in [-0.15, -0.1) is 6.58 Å². The van der Waals surface area contributed by atoms with Crippen LogP contribution in [0.5, 0.6) is 5.75 Å². The molecule has 0 amide bonds. The van der Waals surface area contributed by atoms with Crippen molar-refractivity contribution in [2.45, 2.75) is 58.3 Å². The van der Waals surface area contributed by atoms with E-state index in [2.05, 4.69) is 20.4 Å². The van der Waals surface area contributed by atoms with E-state index >= 15 is 0 Å². The fraction of sp³-hybridized carbons (Fsp3) is 0.500. The first-order valence-corrected chi connectivity index (χ1v) is 7.75. The highest BCUT2D eigenvalue weighted by atomic mass is 16.4. The van der Waals surface area contributed by atoms with E-state index in [9.17, 15) is 15.0 Å². The summed E-state index contributed by atoms with van der Waals surface area (Å²) in [6.07, 6.45) is 7.04. The minimum Gasteiger partial charge on any atom is -0.507 e. The normalized spacial score (nSPS) is 12.1. The van der Waals surface area contributed by atoms with Gasteiger partial charge < -0.3 is 10.2 Å². The smallest absolute Gasteiger partial charge is 0.314 e. The number of carboxylic acids is 1. The van der Waals surface area contributed by atoms with E-state index in [0.717, 1.165) is 49.7 Å². The molecule has 1 rings (SSSR count). The summed E-state index contributed by atoms with van der Waals surface area (Å²) in [5.41, 5.74) is 2.43. The van der Waals surface area contributed by atoms with E-state index in [1.54, 1.807) is 0 Å². The molecule has 0 heterocycles. The third kappa shape index (κ3) is 4.62. The van der Waals surface area contributed by atoms with Crippen LogP contribution in [-0.2, 0) is 17.6 Å². The van der Waals surface area contributed by atoms with Crippen LogP contribution in [-0.4, -0.2) is 16.2 Å². The fourth-order valence-corrected chi connectivity index (χ4v) is 2.46. The number of phenolic OH excluding ortho intramolecular Hbond substituents is 1. The first-order valence-electron chi connectivity index (χ1n) is 7.75. The van der Waals surface area contributed by atoms with E-state index < -0.39 is 11.9 Å². The molecule has 0 aliphatic carbocycles. The molecular formula is C18H26O3. The van der Waals surface area contributed by atoms with Gasteiger partial charge in [0.25, 0.3) is 0 Å². The molecule has 0 aromatic heterocycles. The minimum atomic E-state index is -0.904. The van der Waals surface area contributed by atoms with Gasteiger partial charge in [-0.1, -0.05) is 44.9 Å². The van der Waals surface area contributed by atoms with Gasteiger partial charge in [0.05, 0.1) is 5.92 Å². The molecule has 0 spiro atoms. The Morgan fingerprint density at radius 3 is 2.00 bits per heavy atom. The Morgan fingerprint density at radius 1 is 1.19 bits per heavy atom. The zero-order chi connectivity index (χ0) is 15.8. The second-order valence-electron chi connectivity index (χ2n) is 5.45. The number of rotatable bonds is 9. The summed E-state index contributed by atoms with van der Waals surface area (Å²) in [6.45, 7) is 7.82. The Kier molecular flexibility index (Phi) is 7.00. The number of hydrogen-bond donors (Lipinski definition) is 2. The van der Waals surface area contributed by atoms with Crippen molar-refractivity contribution in [3.05, 3.63) is 41.5 Å². The maximum atomic E-state index is 11.3. The highest BCUT2D eigenvalue weighted by molar-refractivity contribution is 5.78. The van der Waals surface area contributed by atoms with Crippen molar-refractivity contribution in [3.8, 4) is 5.75 Å². The molecule has 0 saturated carbocycles. The van der Waals surface area contributed by atoms with Crippen molar-refractivity contribution in [3.63, 3.8) is 0 Å². The maximum absolute atomic E-state index is 11.3. The number of carbonyl (C=O) groups is 1. The SMILES string of the molecule is C=CC(C(=O)O)c1cc(CCCC)c(O)c(CCCC)c1. The van der Waals surface area contributed by atoms with Crippen LogP contribution in [0.1, 0.15) is 62.1 Å². The molecule has 0 aliphatic rings.